The molecule has 0 bridgehead atoms. The Morgan fingerprint density at radius 3 is 2.64 bits per heavy atom. The summed E-state index contributed by atoms with van der Waals surface area (Å²) in [6.07, 6.45) is 3.02. The Balaban J connectivity index is 1.88. The second kappa shape index (κ2) is 6.33. The number of nitrogens with zero attached hydrogens (tertiary/aromatic N) is 4. The maximum absolute atomic E-state index is 13.9. The van der Waals surface area contributed by atoms with Crippen LogP contribution in [0, 0.1) is 0 Å². The van der Waals surface area contributed by atoms with Crippen molar-refractivity contribution < 1.29 is 4.39 Å². The van der Waals surface area contributed by atoms with Crippen LogP contribution in [0.1, 0.15) is 19.0 Å². The Labute approximate surface area is 149 Å². The third-order valence-electron chi connectivity index (χ3n) is 4.18. The molecule has 1 aromatic heterocycles. The molecule has 6 heteroatoms. The van der Waals surface area contributed by atoms with E-state index in [1.807, 2.05) is 47.9 Å². The van der Waals surface area contributed by atoms with Crippen LogP contribution in [0.2, 0.25) is 5.02 Å². The number of aromatic nitrogens is 2. The van der Waals surface area contributed by atoms with Crippen molar-refractivity contribution in [1.82, 2.24) is 9.55 Å². The van der Waals surface area contributed by atoms with Gasteiger partial charge < -0.3 is 4.90 Å². The normalized spacial score (nSPS) is 17.2. The van der Waals surface area contributed by atoms with Gasteiger partial charge in [-0.1, -0.05) is 30.7 Å². The molecule has 1 aliphatic rings. The number of hydrogen-bond donors (Lipinski definition) is 0. The maximum atomic E-state index is 13.9. The first-order valence-electron chi connectivity index (χ1n) is 8.07. The number of rotatable bonds is 3. The molecule has 0 fully saturated rings. The molecule has 0 spiro atoms. The molecule has 0 saturated carbocycles. The van der Waals surface area contributed by atoms with Crippen molar-refractivity contribution >= 4 is 34.5 Å². The summed E-state index contributed by atoms with van der Waals surface area (Å²) in [5, 5.41) is 0.632. The van der Waals surface area contributed by atoms with Gasteiger partial charge in [-0.05, 0) is 36.4 Å². The Kier molecular flexibility index (Phi) is 4.01. The first kappa shape index (κ1) is 15.8. The van der Waals surface area contributed by atoms with E-state index in [1.165, 1.54) is 12.4 Å². The number of aryl methyl sites for hydroxylation is 1. The molecular weight excluding hydrogens is 339 g/mol. The van der Waals surface area contributed by atoms with E-state index >= 15 is 0 Å². The molecule has 0 saturated heterocycles. The van der Waals surface area contributed by atoms with Gasteiger partial charge in [-0.15, -0.1) is 0 Å². The molecule has 4 rings (SSSR count). The van der Waals surface area contributed by atoms with Gasteiger partial charge in [0.25, 0.3) is 0 Å². The van der Waals surface area contributed by atoms with Crippen molar-refractivity contribution in [2.75, 3.05) is 4.90 Å². The van der Waals surface area contributed by atoms with Gasteiger partial charge in [0.05, 0.1) is 17.2 Å². The lowest BCUT2D eigenvalue weighted by Gasteiger charge is -2.32. The molecule has 126 valence electrons. The van der Waals surface area contributed by atoms with E-state index in [0.29, 0.717) is 5.02 Å². The number of anilines is 1. The van der Waals surface area contributed by atoms with E-state index in [2.05, 4.69) is 4.99 Å². The molecule has 4 nitrogen and oxygen atoms in total. The first-order chi connectivity index (χ1) is 12.2. The van der Waals surface area contributed by atoms with Crippen LogP contribution in [0.5, 0.6) is 0 Å². The highest BCUT2D eigenvalue weighted by Gasteiger charge is 2.25. The number of hydrogen-bond acceptors (Lipinski definition) is 3. The molecular formula is C19H16ClFN4. The van der Waals surface area contributed by atoms with Gasteiger partial charge in [0.1, 0.15) is 5.82 Å². The number of halogens is 2. The Morgan fingerprint density at radius 1 is 1.12 bits per heavy atom. The first-order valence-corrected chi connectivity index (χ1v) is 8.45. The molecule has 0 amide bonds. The van der Waals surface area contributed by atoms with Crippen molar-refractivity contribution in [2.24, 2.45) is 4.99 Å². The fourth-order valence-electron chi connectivity index (χ4n) is 3.06. The van der Waals surface area contributed by atoms with Gasteiger partial charge in [0, 0.05) is 23.3 Å². The van der Waals surface area contributed by atoms with E-state index in [1.54, 1.807) is 17.0 Å². The van der Waals surface area contributed by atoms with Crippen LogP contribution in [-0.4, -0.2) is 15.8 Å². The highest BCUT2D eigenvalue weighted by atomic mass is 35.5. The number of fused-ring (bicyclic) bond motifs is 1. The predicted octanol–water partition coefficient (Wildman–Crippen LogP) is 5.11. The fourth-order valence-corrected chi connectivity index (χ4v) is 3.18. The minimum Gasteiger partial charge on any atom is -0.305 e. The molecule has 3 aromatic rings. The Morgan fingerprint density at radius 2 is 1.88 bits per heavy atom. The summed E-state index contributed by atoms with van der Waals surface area (Å²) < 4.78 is 16.0. The van der Waals surface area contributed by atoms with Crippen molar-refractivity contribution in [2.45, 2.75) is 19.6 Å². The Hall–Kier alpha value is -2.66. The molecule has 0 N–H and O–H groups in total. The zero-order chi connectivity index (χ0) is 17.4. The number of aliphatic imine (C=N–C) groups is 1. The number of benzene rings is 2. The number of para-hydroxylation sites is 2. The minimum absolute atomic E-state index is 0.395. The lowest BCUT2D eigenvalue weighted by molar-refractivity contribution is 0.508. The molecule has 1 atom stereocenters. The smallest absolute Gasteiger partial charge is 0.208 e. The molecule has 25 heavy (non-hydrogen) atoms. The van der Waals surface area contributed by atoms with Gasteiger partial charge in [-0.3, -0.25) is 4.57 Å². The molecule has 2 heterocycles. The monoisotopic (exact) mass is 354 g/mol. The van der Waals surface area contributed by atoms with Gasteiger partial charge in [0.15, 0.2) is 5.83 Å². The molecule has 2 aromatic carbocycles. The second-order valence-corrected chi connectivity index (χ2v) is 6.20. The van der Waals surface area contributed by atoms with E-state index in [0.717, 1.165) is 29.0 Å². The summed E-state index contributed by atoms with van der Waals surface area (Å²) in [5.41, 5.74) is 2.68. The predicted molar refractivity (Wildman–Crippen MR) is 99.8 cm³/mol. The van der Waals surface area contributed by atoms with Crippen LogP contribution >= 0.6 is 11.6 Å². The zero-order valence-electron chi connectivity index (χ0n) is 13.6. The van der Waals surface area contributed by atoms with E-state index in [9.17, 15) is 4.39 Å². The highest BCUT2D eigenvalue weighted by molar-refractivity contribution is 6.30. The zero-order valence-corrected chi connectivity index (χ0v) is 14.4. The van der Waals surface area contributed by atoms with E-state index in [4.69, 9.17) is 16.6 Å². The van der Waals surface area contributed by atoms with Crippen molar-refractivity contribution in [3.63, 3.8) is 0 Å². The van der Waals surface area contributed by atoms with E-state index in [-0.39, 0.29) is 0 Å². The molecule has 1 aliphatic heterocycles. The third-order valence-corrected chi connectivity index (χ3v) is 4.44. The molecule has 1 unspecified atom stereocenters. The standard InChI is InChI=1S/C19H16ClFN4/c1-2-18-23-16-5-3-4-6-17(16)25(18)19-22-11-14(21)12-24(19)15-9-7-13(20)8-10-15/h3-12,19H,2H2,1H3. The van der Waals surface area contributed by atoms with Crippen molar-refractivity contribution in [3.8, 4) is 0 Å². The van der Waals surface area contributed by atoms with Crippen LogP contribution in [0.3, 0.4) is 0 Å². The van der Waals surface area contributed by atoms with Gasteiger partial charge in [-0.25, -0.2) is 14.4 Å². The lowest BCUT2D eigenvalue weighted by atomic mass is 10.2. The van der Waals surface area contributed by atoms with Crippen LogP contribution in [-0.2, 0) is 6.42 Å². The molecule has 0 radical (unpaired) electrons. The van der Waals surface area contributed by atoms with E-state index < -0.39 is 12.1 Å². The second-order valence-electron chi connectivity index (χ2n) is 5.76. The summed E-state index contributed by atoms with van der Waals surface area (Å²) in [7, 11) is 0. The summed E-state index contributed by atoms with van der Waals surface area (Å²) in [5.74, 6) is 0.506. The average molecular weight is 355 g/mol. The topological polar surface area (TPSA) is 33.4 Å². The summed E-state index contributed by atoms with van der Waals surface area (Å²) in [6.45, 7) is 2.05. The average Bonchev–Trinajstić information content (AvgIpc) is 3.01. The number of allylic oxidation sites excluding steroid dienone is 1. The van der Waals surface area contributed by atoms with Crippen LogP contribution in [0.15, 0.2) is 65.6 Å². The van der Waals surface area contributed by atoms with Gasteiger partial charge in [-0.2, -0.15) is 0 Å². The van der Waals surface area contributed by atoms with Crippen LogP contribution in [0.25, 0.3) is 11.0 Å². The van der Waals surface area contributed by atoms with Crippen LogP contribution in [0.4, 0.5) is 10.1 Å². The quantitative estimate of drug-likeness (QED) is 0.654. The third kappa shape index (κ3) is 2.81. The largest absolute Gasteiger partial charge is 0.305 e. The number of imidazole rings is 1. The summed E-state index contributed by atoms with van der Waals surface area (Å²) in [4.78, 5) is 10.9. The fraction of sp³-hybridized carbons (Fsp3) is 0.158. The maximum Gasteiger partial charge on any atom is 0.208 e. The van der Waals surface area contributed by atoms with Gasteiger partial charge >= 0.3 is 0 Å². The van der Waals surface area contributed by atoms with Crippen LogP contribution < -0.4 is 4.90 Å². The minimum atomic E-state index is -0.442. The lowest BCUT2D eigenvalue weighted by Crippen LogP contribution is -2.30. The summed E-state index contributed by atoms with van der Waals surface area (Å²) in [6, 6.07) is 15.2. The Bertz CT molecular complexity index is 975. The van der Waals surface area contributed by atoms with Crippen molar-refractivity contribution in [1.29, 1.82) is 0 Å². The summed E-state index contributed by atoms with van der Waals surface area (Å²) >= 11 is 5.99. The van der Waals surface area contributed by atoms with Crippen molar-refractivity contribution in [3.05, 3.63) is 71.4 Å². The molecule has 0 aliphatic carbocycles. The highest BCUT2D eigenvalue weighted by Crippen LogP contribution is 2.32. The SMILES string of the molecule is CCc1nc2ccccc2n1C1N=CC(F)=CN1c1ccc(Cl)cc1. The van der Waals surface area contributed by atoms with Gasteiger partial charge in [0.2, 0.25) is 6.29 Å².